The van der Waals surface area contributed by atoms with Gasteiger partial charge in [0.1, 0.15) is 0 Å². The first-order valence-corrected chi connectivity index (χ1v) is 9.79. The largest absolute Gasteiger partial charge is 0.403 e. The summed E-state index contributed by atoms with van der Waals surface area (Å²) in [6.07, 6.45) is 0. The van der Waals surface area contributed by atoms with Gasteiger partial charge in [-0.05, 0) is 77.2 Å². The summed E-state index contributed by atoms with van der Waals surface area (Å²) in [7, 11) is 0. The van der Waals surface area contributed by atoms with Gasteiger partial charge in [-0.2, -0.15) is 0 Å². The van der Waals surface area contributed by atoms with Crippen molar-refractivity contribution in [3.05, 3.63) is 91.8 Å². The molecule has 1 aromatic heterocycles. The molecule has 1 aliphatic heterocycles. The molecule has 0 atom stereocenters. The lowest BCUT2D eigenvalue weighted by molar-refractivity contribution is 0.0926. The lowest BCUT2D eigenvalue weighted by atomic mass is 10.1. The highest BCUT2D eigenvalue weighted by molar-refractivity contribution is 14.1. The fourth-order valence-corrected chi connectivity index (χ4v) is 3.70. The lowest BCUT2D eigenvalue weighted by Gasteiger charge is -2.13. The molecule has 0 aliphatic carbocycles. The number of para-hydroxylation sites is 1. The third kappa shape index (κ3) is 2.85. The van der Waals surface area contributed by atoms with E-state index in [1.54, 1.807) is 54.6 Å². The van der Waals surface area contributed by atoms with Gasteiger partial charge in [0.05, 0.1) is 27.7 Å². The molecular formula is C22H11IN2O4. The van der Waals surface area contributed by atoms with Gasteiger partial charge in [-0.1, -0.05) is 12.1 Å². The zero-order chi connectivity index (χ0) is 20.1. The molecule has 0 saturated carbocycles. The fourth-order valence-electron chi connectivity index (χ4n) is 3.34. The molecule has 2 amide bonds. The Morgan fingerprint density at radius 2 is 1.55 bits per heavy atom. The number of hydrogen-bond acceptors (Lipinski definition) is 5. The normalized spacial score (nSPS) is 13.2. The van der Waals surface area contributed by atoms with Gasteiger partial charge in [0.2, 0.25) is 5.89 Å². The topological polar surface area (TPSA) is 80.5 Å². The van der Waals surface area contributed by atoms with Crippen LogP contribution in [0.15, 0.2) is 75.9 Å². The summed E-state index contributed by atoms with van der Waals surface area (Å²) in [6.45, 7) is 0. The smallest absolute Gasteiger partial charge is 0.347 e. The Hall–Kier alpha value is -3.33. The molecule has 0 bridgehead atoms. The molecule has 140 valence electrons. The molecule has 0 unspecified atom stereocenters. The number of carbonyl (C=O) groups excluding carboxylic acids is 2. The summed E-state index contributed by atoms with van der Waals surface area (Å²) in [5, 5.41) is 0.383. The number of amides is 2. The second-order valence-electron chi connectivity index (χ2n) is 6.51. The highest BCUT2D eigenvalue weighted by Crippen LogP contribution is 2.31. The van der Waals surface area contributed by atoms with Gasteiger partial charge in [0.15, 0.2) is 0 Å². The number of nitrogens with zero attached hydrogens (tertiary/aromatic N) is 2. The lowest BCUT2D eigenvalue weighted by Crippen LogP contribution is -2.29. The van der Waals surface area contributed by atoms with Crippen LogP contribution in [0.2, 0.25) is 0 Å². The van der Waals surface area contributed by atoms with Gasteiger partial charge >= 0.3 is 5.63 Å². The van der Waals surface area contributed by atoms with E-state index < -0.39 is 11.5 Å². The van der Waals surface area contributed by atoms with Crippen molar-refractivity contribution < 1.29 is 14.0 Å². The van der Waals surface area contributed by atoms with Crippen molar-refractivity contribution in [2.24, 2.45) is 0 Å². The van der Waals surface area contributed by atoms with Gasteiger partial charge in [0, 0.05) is 9.13 Å². The van der Waals surface area contributed by atoms with Crippen LogP contribution in [0.1, 0.15) is 20.7 Å². The molecule has 4 aromatic rings. The molecule has 0 saturated heterocycles. The highest BCUT2D eigenvalue weighted by Gasteiger charge is 2.37. The van der Waals surface area contributed by atoms with Gasteiger partial charge in [-0.15, -0.1) is 0 Å². The first-order valence-electron chi connectivity index (χ1n) is 8.71. The van der Waals surface area contributed by atoms with Crippen LogP contribution in [0, 0.1) is 3.57 Å². The SMILES string of the molecule is O=C1c2ccc(-c3nc4ccccc4c(=O)o3)cc2C(=O)N1c1ccc(I)cc1. The third-order valence-electron chi connectivity index (χ3n) is 4.75. The minimum Gasteiger partial charge on any atom is -0.403 e. The molecule has 3 aromatic carbocycles. The number of imide groups is 1. The number of halogens is 1. The minimum atomic E-state index is -0.506. The van der Waals surface area contributed by atoms with E-state index in [1.165, 1.54) is 0 Å². The van der Waals surface area contributed by atoms with Gasteiger partial charge in [0.25, 0.3) is 11.8 Å². The number of rotatable bonds is 2. The Labute approximate surface area is 177 Å². The molecule has 7 heteroatoms. The second-order valence-corrected chi connectivity index (χ2v) is 7.75. The standard InChI is InChI=1S/C22H11IN2O4/c23-13-6-8-14(9-7-13)25-20(26)15-10-5-12(11-17(15)21(25)27)19-24-18-4-2-1-3-16(18)22(28)29-19/h1-11H. The number of hydrogen-bond donors (Lipinski definition) is 0. The Morgan fingerprint density at radius 3 is 2.34 bits per heavy atom. The summed E-state index contributed by atoms with van der Waals surface area (Å²) in [5.74, 6) is -0.702. The zero-order valence-electron chi connectivity index (χ0n) is 14.8. The van der Waals surface area contributed by atoms with Crippen molar-refractivity contribution in [2.45, 2.75) is 0 Å². The summed E-state index contributed by atoms with van der Waals surface area (Å²) in [4.78, 5) is 43.5. The van der Waals surface area contributed by atoms with Crippen LogP contribution in [0.4, 0.5) is 5.69 Å². The molecule has 6 nitrogen and oxygen atoms in total. The first-order chi connectivity index (χ1) is 14.0. The Morgan fingerprint density at radius 1 is 0.828 bits per heavy atom. The number of anilines is 1. The molecule has 0 fully saturated rings. The maximum atomic E-state index is 12.9. The van der Waals surface area contributed by atoms with Crippen molar-refractivity contribution in [1.29, 1.82) is 0 Å². The number of carbonyl (C=O) groups is 2. The number of benzene rings is 3. The number of aromatic nitrogens is 1. The molecule has 0 spiro atoms. The maximum Gasteiger partial charge on any atom is 0.347 e. The molecule has 0 N–H and O–H groups in total. The monoisotopic (exact) mass is 494 g/mol. The van der Waals surface area contributed by atoms with Crippen LogP contribution in [0.5, 0.6) is 0 Å². The average Bonchev–Trinajstić information content (AvgIpc) is 2.99. The van der Waals surface area contributed by atoms with Crippen molar-refractivity contribution in [3.63, 3.8) is 0 Å². The second kappa shape index (κ2) is 6.63. The maximum absolute atomic E-state index is 12.9. The highest BCUT2D eigenvalue weighted by atomic mass is 127. The fraction of sp³-hybridized carbons (Fsp3) is 0. The third-order valence-corrected chi connectivity index (χ3v) is 5.47. The average molecular weight is 494 g/mol. The molecule has 5 rings (SSSR count). The first kappa shape index (κ1) is 17.7. The van der Waals surface area contributed by atoms with Crippen LogP contribution < -0.4 is 10.5 Å². The Balaban J connectivity index is 1.60. The summed E-state index contributed by atoms with van der Waals surface area (Å²) < 4.78 is 6.35. The van der Waals surface area contributed by atoms with Crippen LogP contribution in [-0.4, -0.2) is 16.8 Å². The van der Waals surface area contributed by atoms with Crippen LogP contribution in [0.3, 0.4) is 0 Å². The van der Waals surface area contributed by atoms with Crippen molar-refractivity contribution in [3.8, 4) is 11.5 Å². The molecule has 2 heterocycles. The molecule has 29 heavy (non-hydrogen) atoms. The Bertz CT molecular complexity index is 1380. The van der Waals surface area contributed by atoms with E-state index in [0.29, 0.717) is 27.7 Å². The quantitative estimate of drug-likeness (QED) is 0.308. The predicted molar refractivity (Wildman–Crippen MR) is 116 cm³/mol. The Kier molecular flexibility index (Phi) is 4.06. The molecule has 0 radical (unpaired) electrons. The van der Waals surface area contributed by atoms with Gasteiger partial charge in [-0.25, -0.2) is 14.7 Å². The van der Waals surface area contributed by atoms with E-state index in [2.05, 4.69) is 27.6 Å². The van der Waals surface area contributed by atoms with Gasteiger partial charge < -0.3 is 4.42 Å². The summed E-state index contributed by atoms with van der Waals surface area (Å²) >= 11 is 2.16. The van der Waals surface area contributed by atoms with Crippen LogP contribution in [0.25, 0.3) is 22.4 Å². The van der Waals surface area contributed by atoms with E-state index in [1.807, 2.05) is 12.1 Å². The van der Waals surface area contributed by atoms with Gasteiger partial charge in [-0.3, -0.25) is 9.59 Å². The predicted octanol–water partition coefficient (Wildman–Crippen LogP) is 4.26. The van der Waals surface area contributed by atoms with E-state index in [9.17, 15) is 14.4 Å². The molecule has 1 aliphatic rings. The van der Waals surface area contributed by atoms with Crippen molar-refractivity contribution in [1.82, 2.24) is 4.98 Å². The molecular weight excluding hydrogens is 483 g/mol. The van der Waals surface area contributed by atoms with Crippen LogP contribution in [-0.2, 0) is 0 Å². The van der Waals surface area contributed by atoms with E-state index in [4.69, 9.17) is 4.42 Å². The minimum absolute atomic E-state index is 0.101. The van der Waals surface area contributed by atoms with Crippen LogP contribution >= 0.6 is 22.6 Å². The zero-order valence-corrected chi connectivity index (χ0v) is 16.9. The summed E-state index contributed by atoms with van der Waals surface area (Å²) in [5.41, 5.74) is 1.52. The number of fused-ring (bicyclic) bond motifs is 2. The van der Waals surface area contributed by atoms with Crippen molar-refractivity contribution >= 4 is 51.0 Å². The van der Waals surface area contributed by atoms with E-state index >= 15 is 0 Å². The van der Waals surface area contributed by atoms with E-state index in [0.717, 1.165) is 8.47 Å². The summed E-state index contributed by atoms with van der Waals surface area (Å²) in [6, 6.07) is 18.7. The van der Waals surface area contributed by atoms with E-state index in [-0.39, 0.29) is 17.4 Å². The van der Waals surface area contributed by atoms with Crippen molar-refractivity contribution in [2.75, 3.05) is 4.90 Å².